The van der Waals surface area contributed by atoms with Crippen molar-refractivity contribution >= 4 is 5.78 Å². The second-order valence-corrected chi connectivity index (χ2v) is 12.2. The van der Waals surface area contributed by atoms with E-state index in [4.69, 9.17) is 9.47 Å². The number of hydrogen-bond donors (Lipinski definition) is 1. The summed E-state index contributed by atoms with van der Waals surface area (Å²) in [5.74, 6) is 2.60. The van der Waals surface area contributed by atoms with Crippen LogP contribution in [0.3, 0.4) is 0 Å². The van der Waals surface area contributed by atoms with E-state index in [1.54, 1.807) is 0 Å². The number of hydrogen-bond acceptors (Lipinski definition) is 3. The zero-order valence-electron chi connectivity index (χ0n) is 20.0. The Morgan fingerprint density at radius 2 is 1.97 bits per heavy atom. The summed E-state index contributed by atoms with van der Waals surface area (Å²) in [7, 11) is 0. The molecule has 5 unspecified atom stereocenters. The van der Waals surface area contributed by atoms with Gasteiger partial charge in [0.2, 0.25) is 0 Å². The van der Waals surface area contributed by atoms with Crippen molar-refractivity contribution in [3.8, 4) is 0 Å². The highest BCUT2D eigenvalue weighted by Crippen LogP contribution is 2.68. The van der Waals surface area contributed by atoms with E-state index >= 15 is 0 Å². The summed E-state index contributed by atoms with van der Waals surface area (Å²) in [4.78, 5) is 15.1. The van der Waals surface area contributed by atoms with Crippen molar-refractivity contribution < 1.29 is 19.2 Å². The van der Waals surface area contributed by atoms with Gasteiger partial charge in [0.05, 0.1) is 19.2 Å². The molecule has 6 fully saturated rings. The van der Waals surface area contributed by atoms with Crippen LogP contribution in [-0.2, 0) is 20.7 Å². The minimum Gasteiger partial charge on any atom is -0.368 e. The van der Waals surface area contributed by atoms with Crippen molar-refractivity contribution in [3.63, 3.8) is 0 Å². The summed E-state index contributed by atoms with van der Waals surface area (Å²) in [6.45, 7) is 3.36. The van der Waals surface area contributed by atoms with Crippen LogP contribution in [0.25, 0.3) is 0 Å². The molecule has 8 atom stereocenters. The number of piperidine rings is 1. The lowest BCUT2D eigenvalue weighted by atomic mass is 9.43. The van der Waals surface area contributed by atoms with E-state index in [9.17, 15) is 4.79 Å². The van der Waals surface area contributed by atoms with Crippen molar-refractivity contribution in [2.45, 2.75) is 94.5 Å². The fourth-order valence-corrected chi connectivity index (χ4v) is 9.38. The number of Topliss-reactive ketones (excluding diaryl/α,β-unsaturated/α-hetero) is 1. The first kappa shape index (κ1) is 21.1. The fraction of sp³-hybridized carbons (Fsp3) is 0.759. The Morgan fingerprint density at radius 3 is 2.82 bits per heavy atom. The van der Waals surface area contributed by atoms with Crippen LogP contribution in [0.1, 0.15) is 69.8 Å². The number of aryl methyl sites for hydroxylation is 1. The van der Waals surface area contributed by atoms with Gasteiger partial charge in [-0.05, 0) is 62.3 Å². The van der Waals surface area contributed by atoms with Crippen molar-refractivity contribution in [1.82, 2.24) is 0 Å². The molecule has 0 radical (unpaired) electrons. The predicted molar refractivity (Wildman–Crippen MR) is 126 cm³/mol. The van der Waals surface area contributed by atoms with Crippen LogP contribution in [0.15, 0.2) is 30.3 Å². The molecule has 4 heteroatoms. The summed E-state index contributed by atoms with van der Waals surface area (Å²) in [5, 5.41) is 0. The molecule has 0 aromatic heterocycles. The van der Waals surface area contributed by atoms with E-state index < -0.39 is 0 Å². The van der Waals surface area contributed by atoms with Gasteiger partial charge in [-0.1, -0.05) is 36.8 Å². The molecule has 1 aromatic carbocycles. The van der Waals surface area contributed by atoms with Crippen molar-refractivity contribution in [3.05, 3.63) is 35.9 Å². The molecule has 178 valence electrons. The Labute approximate surface area is 198 Å². The lowest BCUT2D eigenvalue weighted by molar-refractivity contribution is -0.948. The van der Waals surface area contributed by atoms with Gasteiger partial charge in [-0.15, -0.1) is 0 Å². The lowest BCUT2D eigenvalue weighted by Crippen LogP contribution is -3.21. The number of benzene rings is 1. The van der Waals surface area contributed by atoms with E-state index in [2.05, 4.69) is 30.3 Å². The van der Waals surface area contributed by atoms with E-state index in [0.717, 1.165) is 50.5 Å². The van der Waals surface area contributed by atoms with Crippen molar-refractivity contribution in [2.75, 3.05) is 19.7 Å². The number of quaternary nitrogens is 1. The molecule has 1 spiro atoms. The molecule has 2 saturated heterocycles. The van der Waals surface area contributed by atoms with Gasteiger partial charge in [-0.2, -0.15) is 0 Å². The molecule has 2 aliphatic heterocycles. The van der Waals surface area contributed by atoms with E-state index in [-0.39, 0.29) is 17.1 Å². The summed E-state index contributed by atoms with van der Waals surface area (Å²) in [5.41, 5.74) is 1.19. The highest BCUT2D eigenvalue weighted by Gasteiger charge is 2.79. The van der Waals surface area contributed by atoms with Crippen molar-refractivity contribution in [2.24, 2.45) is 23.2 Å². The highest BCUT2D eigenvalue weighted by atomic mass is 16.5. The third-order valence-corrected chi connectivity index (χ3v) is 10.7. The Kier molecular flexibility index (Phi) is 5.04. The van der Waals surface area contributed by atoms with Crippen LogP contribution >= 0.6 is 0 Å². The maximum absolute atomic E-state index is 13.3. The highest BCUT2D eigenvalue weighted by molar-refractivity contribution is 5.86. The third-order valence-electron chi connectivity index (χ3n) is 10.7. The van der Waals surface area contributed by atoms with E-state index in [1.807, 2.05) is 4.90 Å². The molecule has 1 N–H and O–H groups in total. The largest absolute Gasteiger partial charge is 0.368 e. The summed E-state index contributed by atoms with van der Waals surface area (Å²) >= 11 is 0. The molecule has 7 rings (SSSR count). The molecular formula is C29H40NO3+. The van der Waals surface area contributed by atoms with Gasteiger partial charge in [-0.25, -0.2) is 0 Å². The number of rotatable bonds is 7. The van der Waals surface area contributed by atoms with E-state index in [1.165, 1.54) is 50.8 Å². The lowest BCUT2D eigenvalue weighted by Gasteiger charge is -2.66. The first-order chi connectivity index (χ1) is 16.2. The summed E-state index contributed by atoms with van der Waals surface area (Å²) in [6.07, 6.45) is 12.9. The van der Waals surface area contributed by atoms with Gasteiger partial charge in [0.25, 0.3) is 0 Å². The number of nitrogens with one attached hydrogen (secondary N) is 1. The molecule has 4 aliphatic carbocycles. The van der Waals surface area contributed by atoms with Gasteiger partial charge >= 0.3 is 0 Å². The Bertz CT molecular complexity index is 899. The number of likely N-dealkylation sites (tertiary alicyclic amines) is 1. The molecule has 2 heterocycles. The van der Waals surface area contributed by atoms with Gasteiger partial charge in [0.15, 0.2) is 5.78 Å². The number of ketones is 1. The molecule has 1 aromatic rings. The van der Waals surface area contributed by atoms with Crippen LogP contribution < -0.4 is 4.90 Å². The third kappa shape index (κ3) is 3.09. The number of carbonyl (C=O) groups excluding carboxylic acids is 1. The molecule has 33 heavy (non-hydrogen) atoms. The standard InChI is InChI=1S/C29H39NO3/c31-23-13-14-29(32-17-5-8-20-6-2-1-3-7-20)25-18-22-9-4-10-24-26(22)28(29,27(23)33-24)15-16-30(25)19-21-11-12-21/h1-3,6-7,21-22,24-27H,4-5,8-19H2/p+1/t22?,24?,25?,26?,27-,28-,29+/m0/s1. The topological polar surface area (TPSA) is 40.0 Å². The fourth-order valence-electron chi connectivity index (χ4n) is 9.38. The maximum atomic E-state index is 13.3. The number of ether oxygens (including phenoxy) is 2. The van der Waals surface area contributed by atoms with Gasteiger partial charge in [-0.3, -0.25) is 4.79 Å². The molecule has 2 bridgehead atoms. The second-order valence-electron chi connectivity index (χ2n) is 12.2. The molecular weight excluding hydrogens is 410 g/mol. The minimum absolute atomic E-state index is 0.0548. The normalized spacial score (nSPS) is 45.6. The minimum atomic E-state index is -0.193. The Hall–Kier alpha value is -1.23. The second kappa shape index (κ2) is 7.90. The van der Waals surface area contributed by atoms with Crippen molar-refractivity contribution in [1.29, 1.82) is 0 Å². The molecule has 6 aliphatic rings. The van der Waals surface area contributed by atoms with Gasteiger partial charge < -0.3 is 14.4 Å². The predicted octanol–water partition coefficient (Wildman–Crippen LogP) is 3.38. The van der Waals surface area contributed by atoms with Crippen LogP contribution in [-0.4, -0.2) is 49.3 Å². The quantitative estimate of drug-likeness (QED) is 0.648. The van der Waals surface area contributed by atoms with Crippen LogP contribution in [0.2, 0.25) is 0 Å². The van der Waals surface area contributed by atoms with Crippen LogP contribution in [0.5, 0.6) is 0 Å². The zero-order valence-corrected chi connectivity index (χ0v) is 20.0. The first-order valence-corrected chi connectivity index (χ1v) is 13.9. The molecule has 4 saturated carbocycles. The first-order valence-electron chi connectivity index (χ1n) is 13.9. The van der Waals surface area contributed by atoms with Gasteiger partial charge in [0.1, 0.15) is 17.7 Å². The SMILES string of the molecule is O=C1CC[C@@]2(OCCCc3ccccc3)C3CC4CCCC5O[C@@H]1[C@]2(CC[NH+]3CC1CC1)C45. The number of carbonyl (C=O) groups is 1. The Balaban J connectivity index is 1.22. The summed E-state index contributed by atoms with van der Waals surface area (Å²) in [6, 6.07) is 11.4. The monoisotopic (exact) mass is 450 g/mol. The van der Waals surface area contributed by atoms with Crippen LogP contribution in [0.4, 0.5) is 0 Å². The maximum Gasteiger partial charge on any atom is 0.162 e. The zero-order chi connectivity index (χ0) is 22.0. The average Bonchev–Trinajstić information content (AvgIpc) is 3.59. The Morgan fingerprint density at radius 1 is 1.09 bits per heavy atom. The van der Waals surface area contributed by atoms with Gasteiger partial charge in [0, 0.05) is 37.2 Å². The molecule has 4 nitrogen and oxygen atoms in total. The molecule has 0 amide bonds. The average molecular weight is 451 g/mol. The van der Waals surface area contributed by atoms with Crippen LogP contribution in [0, 0.1) is 23.2 Å². The van der Waals surface area contributed by atoms with E-state index in [0.29, 0.717) is 30.3 Å². The summed E-state index contributed by atoms with van der Waals surface area (Å²) < 4.78 is 14.0. The smallest absolute Gasteiger partial charge is 0.162 e.